The number of unbranched alkanes of at least 4 members (excludes halogenated alkanes) is 2. The van der Waals surface area contributed by atoms with E-state index in [9.17, 15) is 53.0 Å². The first-order chi connectivity index (χ1) is 41.2. The summed E-state index contributed by atoms with van der Waals surface area (Å²) < 4.78 is 59.7. The number of carbonyl (C=O) groups excluding carboxylic acids is 8. The van der Waals surface area contributed by atoms with E-state index in [0.717, 1.165) is 23.1 Å². The molecule has 0 spiro atoms. The predicted octanol–water partition coefficient (Wildman–Crippen LogP) is 5.55. The summed E-state index contributed by atoms with van der Waals surface area (Å²) in [6.45, 7) is 4.61. The molecule has 7 rings (SSSR count). The van der Waals surface area contributed by atoms with E-state index >= 15 is 8.78 Å². The SMILES string of the molecule is CC(CO)NC(=O)N(CC1CN(C(=O)OCc2ccc(NC(=O)C(CCCNC(N)=O)NC(=O)C(NC(=O)CCCCCN3C(=O)C=CC3=O)C(C)C)cc2)CC1F)C(c1nc(-c2cc(F)ccc2F)cn1Cc1cccc(O)c1)C1CCOCC1. The second-order valence-corrected chi connectivity index (χ2v) is 22.2. The molecule has 1 aromatic heterocycles. The van der Waals surface area contributed by atoms with Crippen LogP contribution in [-0.4, -0.2) is 159 Å². The molecule has 3 aliphatic heterocycles. The van der Waals surface area contributed by atoms with E-state index < -0.39 is 90.4 Å². The molecular formula is C60H76F3N11O12. The first-order valence-electron chi connectivity index (χ1n) is 28.9. The van der Waals surface area contributed by atoms with Crippen molar-refractivity contribution in [3.63, 3.8) is 0 Å². The third-order valence-corrected chi connectivity index (χ3v) is 15.2. The molecule has 9 N–H and O–H groups in total. The van der Waals surface area contributed by atoms with Gasteiger partial charge in [0.2, 0.25) is 17.7 Å². The molecule has 464 valence electrons. The number of anilines is 1. The fraction of sp³-hybridized carbons (Fsp3) is 0.483. The number of alkyl halides is 1. The summed E-state index contributed by atoms with van der Waals surface area (Å²) in [5.74, 6) is -5.32. The van der Waals surface area contributed by atoms with Crippen LogP contribution in [-0.2, 0) is 46.6 Å². The third-order valence-electron chi connectivity index (χ3n) is 15.2. The molecule has 0 radical (unpaired) electrons. The van der Waals surface area contributed by atoms with Crippen molar-refractivity contribution < 1.29 is 71.2 Å². The van der Waals surface area contributed by atoms with Gasteiger partial charge in [0.15, 0.2) is 0 Å². The number of hydrogen-bond acceptors (Lipinski definition) is 13. The number of aliphatic hydroxyl groups excluding tert-OH is 1. The van der Waals surface area contributed by atoms with E-state index in [1.807, 2.05) is 0 Å². The van der Waals surface area contributed by atoms with Crippen molar-refractivity contribution in [1.82, 2.24) is 45.5 Å². The van der Waals surface area contributed by atoms with Crippen molar-refractivity contribution in [2.75, 3.05) is 57.9 Å². The first kappa shape index (κ1) is 65.0. The number of nitrogens with two attached hydrogens (primary N) is 1. The number of imidazole rings is 1. The third kappa shape index (κ3) is 18.2. The second kappa shape index (κ2) is 31.0. The maximum Gasteiger partial charge on any atom is 0.410 e. The summed E-state index contributed by atoms with van der Waals surface area (Å²) in [5.41, 5.74) is 6.57. The van der Waals surface area contributed by atoms with E-state index in [4.69, 9.17) is 20.2 Å². The fourth-order valence-corrected chi connectivity index (χ4v) is 10.5. The fourth-order valence-electron chi connectivity index (χ4n) is 10.5. The number of ether oxygens (including phenoxy) is 2. The number of aromatic hydroxyl groups is 1. The number of aromatic nitrogens is 2. The van der Waals surface area contributed by atoms with E-state index in [0.29, 0.717) is 62.1 Å². The zero-order chi connectivity index (χ0) is 62.0. The molecule has 0 saturated carbocycles. The average Bonchev–Trinajstić information content (AvgIpc) is 1.85. The molecule has 0 aliphatic carbocycles. The summed E-state index contributed by atoms with van der Waals surface area (Å²) in [6, 6.07) is 10.4. The van der Waals surface area contributed by atoms with Gasteiger partial charge in [-0.25, -0.2) is 32.5 Å². The number of primary amides is 1. The van der Waals surface area contributed by atoms with Gasteiger partial charge >= 0.3 is 18.2 Å². The van der Waals surface area contributed by atoms with Crippen molar-refractivity contribution in [1.29, 1.82) is 0 Å². The molecule has 6 atom stereocenters. The quantitative estimate of drug-likeness (QED) is 0.0256. The number of phenols is 1. The van der Waals surface area contributed by atoms with Crippen LogP contribution in [0, 0.1) is 29.4 Å². The number of benzene rings is 3. The molecule has 2 fully saturated rings. The number of amides is 10. The lowest BCUT2D eigenvalue weighted by Crippen LogP contribution is -2.54. The summed E-state index contributed by atoms with van der Waals surface area (Å²) in [6.07, 6.45) is 4.18. The van der Waals surface area contributed by atoms with E-state index in [1.165, 1.54) is 40.3 Å². The van der Waals surface area contributed by atoms with Crippen LogP contribution in [0.25, 0.3) is 11.3 Å². The van der Waals surface area contributed by atoms with Gasteiger partial charge in [-0.2, -0.15) is 0 Å². The van der Waals surface area contributed by atoms with Crippen LogP contribution < -0.4 is 32.3 Å². The number of imide groups is 1. The smallest absolute Gasteiger partial charge is 0.410 e. The zero-order valence-corrected chi connectivity index (χ0v) is 48.4. The molecule has 4 aromatic rings. The molecule has 2 saturated heterocycles. The van der Waals surface area contributed by atoms with E-state index in [2.05, 4.69) is 26.6 Å². The highest BCUT2D eigenvalue weighted by Crippen LogP contribution is 2.39. The van der Waals surface area contributed by atoms with Crippen molar-refractivity contribution >= 4 is 53.4 Å². The normalized spacial score (nSPS) is 17.4. The van der Waals surface area contributed by atoms with Crippen LogP contribution in [0.4, 0.5) is 33.2 Å². The minimum Gasteiger partial charge on any atom is -0.508 e. The Bertz CT molecular complexity index is 3050. The van der Waals surface area contributed by atoms with Crippen molar-refractivity contribution in [3.8, 4) is 17.0 Å². The van der Waals surface area contributed by atoms with Crippen molar-refractivity contribution in [2.45, 2.75) is 116 Å². The minimum atomic E-state index is -1.65. The Morgan fingerprint density at radius 1 is 0.872 bits per heavy atom. The van der Waals surface area contributed by atoms with Crippen LogP contribution in [0.2, 0.25) is 0 Å². The molecule has 86 heavy (non-hydrogen) atoms. The number of likely N-dealkylation sites (tertiary alicyclic amines) is 1. The van der Waals surface area contributed by atoms with Gasteiger partial charge in [-0.05, 0) is 111 Å². The van der Waals surface area contributed by atoms with Gasteiger partial charge in [-0.3, -0.25) is 28.9 Å². The number of hydrogen-bond donors (Lipinski definition) is 8. The van der Waals surface area contributed by atoms with Gasteiger partial charge in [-0.15, -0.1) is 0 Å². The van der Waals surface area contributed by atoms with Crippen LogP contribution in [0.1, 0.15) is 95.1 Å². The highest BCUT2D eigenvalue weighted by Gasteiger charge is 2.43. The number of halogens is 3. The Hall–Kier alpha value is -8.52. The second-order valence-electron chi connectivity index (χ2n) is 22.2. The molecule has 23 nitrogen and oxygen atoms in total. The largest absolute Gasteiger partial charge is 0.508 e. The Balaban J connectivity index is 0.998. The number of nitrogens with one attached hydrogen (secondary N) is 5. The lowest BCUT2D eigenvalue weighted by molar-refractivity contribution is -0.137. The number of nitrogens with zero attached hydrogens (tertiary/aromatic N) is 5. The van der Waals surface area contributed by atoms with Gasteiger partial charge in [0.25, 0.3) is 11.8 Å². The number of rotatable bonds is 28. The molecule has 26 heteroatoms. The maximum atomic E-state index is 16.5. The molecule has 3 aromatic carbocycles. The Labute approximate surface area is 496 Å². The summed E-state index contributed by atoms with van der Waals surface area (Å²) in [7, 11) is 0. The van der Waals surface area contributed by atoms with Crippen LogP contribution in [0.5, 0.6) is 5.75 Å². The Kier molecular flexibility index (Phi) is 23.5. The van der Waals surface area contributed by atoms with Gasteiger partial charge in [0, 0.05) is 87.9 Å². The van der Waals surface area contributed by atoms with Crippen LogP contribution >= 0.6 is 0 Å². The Morgan fingerprint density at radius 3 is 2.29 bits per heavy atom. The highest BCUT2D eigenvalue weighted by molar-refractivity contribution is 6.12. The molecule has 6 unspecified atom stereocenters. The average molecular weight is 1200 g/mol. The zero-order valence-electron chi connectivity index (χ0n) is 48.4. The number of carbonyl (C=O) groups is 8. The molecule has 3 aliphatic rings. The minimum absolute atomic E-state index is 0.0181. The van der Waals surface area contributed by atoms with Crippen molar-refractivity contribution in [3.05, 3.63) is 114 Å². The van der Waals surface area contributed by atoms with Gasteiger partial charge in [-0.1, -0.05) is 44.5 Å². The van der Waals surface area contributed by atoms with Crippen molar-refractivity contribution in [2.24, 2.45) is 23.5 Å². The van der Waals surface area contributed by atoms with E-state index in [1.54, 1.807) is 61.7 Å². The summed E-state index contributed by atoms with van der Waals surface area (Å²) >= 11 is 0. The lowest BCUT2D eigenvalue weighted by Gasteiger charge is -2.40. The number of aliphatic hydroxyl groups is 1. The number of urea groups is 2. The standard InChI is InChI=1S/C60H76F3N11O12/c1-36(2)53(70-50(77)12-5-4-6-24-73-51(78)19-20-52(73)79)57(81)69-48(11-8-23-65-58(64)82)56(80)67-43-16-13-38(14-17-43)35-86-60(84)72-30-41(47(63)32-72)31-74(59(83)66-37(3)34-75)54(40-21-25-85-26-22-40)55-68-49(45-28-42(61)15-18-46(45)62)33-71(55)29-39-9-7-10-44(76)27-39/h7,9-10,13-20,27-28,33,36-37,40-41,47-48,53-54,75-76H,4-6,8,11-12,21-26,29-32,34-35H2,1-3H3,(H,66,83)(H,67,80)(H,69,81)(H,70,77)(H3,64,65,82). The van der Waals surface area contributed by atoms with Gasteiger partial charge in [0.1, 0.15) is 48.1 Å². The topological polar surface area (TPSA) is 309 Å². The summed E-state index contributed by atoms with van der Waals surface area (Å²) in [5, 5.41) is 33.9. The monoisotopic (exact) mass is 1200 g/mol. The number of phenolic OH excluding ortho intramolecular Hbond substituents is 1. The molecule has 0 bridgehead atoms. The molecule has 10 amide bonds. The van der Waals surface area contributed by atoms with Crippen LogP contribution in [0.3, 0.4) is 0 Å². The summed E-state index contributed by atoms with van der Waals surface area (Å²) in [4.78, 5) is 112. The lowest BCUT2D eigenvalue weighted by atomic mass is 9.89. The first-order valence-corrected chi connectivity index (χ1v) is 28.9. The van der Waals surface area contributed by atoms with E-state index in [-0.39, 0.29) is 112 Å². The van der Waals surface area contributed by atoms with Gasteiger partial charge in [0.05, 0.1) is 30.9 Å². The maximum absolute atomic E-state index is 16.5. The molecule has 4 heterocycles. The predicted molar refractivity (Wildman–Crippen MR) is 308 cm³/mol. The Morgan fingerprint density at radius 2 is 1.60 bits per heavy atom. The van der Waals surface area contributed by atoms with Crippen LogP contribution in [0.15, 0.2) is 85.1 Å². The van der Waals surface area contributed by atoms with Gasteiger partial charge < -0.3 is 66.4 Å². The molecular weight excluding hydrogens is 1120 g/mol. The highest BCUT2D eigenvalue weighted by atomic mass is 19.1.